The van der Waals surface area contributed by atoms with Crippen LogP contribution in [-0.4, -0.2) is 9.97 Å². The fraction of sp³-hybridized carbons (Fsp3) is 0.143. The summed E-state index contributed by atoms with van der Waals surface area (Å²) in [5.74, 6) is 0. The van der Waals surface area contributed by atoms with Crippen LogP contribution >= 0.6 is 7.14 Å². The Labute approximate surface area is 146 Å². The molecule has 0 unspecified atom stereocenters. The van der Waals surface area contributed by atoms with Crippen molar-refractivity contribution in [1.29, 1.82) is 0 Å². The first kappa shape index (κ1) is 14.8. The standard InChI is InChI=1S/C21H19N2OP/c24-25(15-7-2-1-3-8-15)20(18-11-5-13-22-18)16-9-4-10-17(16)21(25)19-12-6-14-23-19/h1-3,5-8,11-14,22-23H,4,9-10H2. The molecule has 3 heterocycles. The summed E-state index contributed by atoms with van der Waals surface area (Å²) in [6, 6.07) is 18.0. The van der Waals surface area contributed by atoms with E-state index in [1.165, 1.54) is 11.1 Å². The average molecular weight is 346 g/mol. The molecule has 1 fully saturated rings. The Bertz CT molecular complexity index is 963. The maximum atomic E-state index is 14.7. The van der Waals surface area contributed by atoms with Gasteiger partial charge in [-0.25, -0.2) is 0 Å². The average Bonchev–Trinajstić information content (AvgIpc) is 3.41. The maximum Gasteiger partial charge on any atom is 0.175 e. The van der Waals surface area contributed by atoms with Crippen molar-refractivity contribution in [2.75, 3.05) is 0 Å². The Kier molecular flexibility index (Phi) is 3.26. The molecule has 3 aromatic rings. The first-order valence-corrected chi connectivity index (χ1v) is 10.4. The summed E-state index contributed by atoms with van der Waals surface area (Å²) in [5, 5.41) is 2.94. The number of hydrogen-bond acceptors (Lipinski definition) is 1. The summed E-state index contributed by atoms with van der Waals surface area (Å²) >= 11 is 0. The van der Waals surface area contributed by atoms with E-state index in [0.29, 0.717) is 0 Å². The molecule has 2 aliphatic rings. The van der Waals surface area contributed by atoms with Crippen LogP contribution in [-0.2, 0) is 4.57 Å². The van der Waals surface area contributed by atoms with Gasteiger partial charge in [0, 0.05) is 39.7 Å². The van der Waals surface area contributed by atoms with Crippen molar-refractivity contribution in [2.45, 2.75) is 19.3 Å². The molecule has 25 heavy (non-hydrogen) atoms. The monoisotopic (exact) mass is 346 g/mol. The lowest BCUT2D eigenvalue weighted by Crippen LogP contribution is -2.07. The molecule has 5 rings (SSSR count). The lowest BCUT2D eigenvalue weighted by Gasteiger charge is -2.21. The van der Waals surface area contributed by atoms with E-state index in [0.717, 1.165) is 46.6 Å². The van der Waals surface area contributed by atoms with Gasteiger partial charge in [-0.2, -0.15) is 0 Å². The van der Waals surface area contributed by atoms with E-state index in [1.807, 2.05) is 67.0 Å². The zero-order valence-corrected chi connectivity index (χ0v) is 14.7. The van der Waals surface area contributed by atoms with Crippen molar-refractivity contribution in [3.8, 4) is 0 Å². The van der Waals surface area contributed by atoms with Crippen molar-refractivity contribution < 1.29 is 4.57 Å². The highest BCUT2D eigenvalue weighted by Gasteiger charge is 2.47. The first-order valence-electron chi connectivity index (χ1n) is 8.71. The second-order valence-electron chi connectivity index (χ2n) is 6.62. The van der Waals surface area contributed by atoms with Crippen LogP contribution in [0.5, 0.6) is 0 Å². The maximum absolute atomic E-state index is 14.7. The van der Waals surface area contributed by atoms with Gasteiger partial charge in [-0.3, -0.25) is 0 Å². The van der Waals surface area contributed by atoms with Gasteiger partial charge in [0.25, 0.3) is 0 Å². The van der Waals surface area contributed by atoms with Gasteiger partial charge in [0.1, 0.15) is 0 Å². The highest BCUT2D eigenvalue weighted by molar-refractivity contribution is 7.90. The molecular formula is C21H19N2OP. The van der Waals surface area contributed by atoms with E-state index < -0.39 is 7.14 Å². The van der Waals surface area contributed by atoms with E-state index in [1.54, 1.807) is 0 Å². The molecule has 4 heteroatoms. The lowest BCUT2D eigenvalue weighted by atomic mass is 10.1. The number of benzene rings is 1. The Hall–Kier alpha value is -2.51. The molecule has 3 nitrogen and oxygen atoms in total. The van der Waals surface area contributed by atoms with Crippen LogP contribution in [0.2, 0.25) is 0 Å². The molecule has 0 saturated heterocycles. The van der Waals surface area contributed by atoms with Crippen molar-refractivity contribution in [2.24, 2.45) is 0 Å². The van der Waals surface area contributed by atoms with E-state index >= 15 is 0 Å². The zero-order chi connectivity index (χ0) is 16.9. The number of rotatable bonds is 3. The molecule has 0 atom stereocenters. The Balaban J connectivity index is 1.86. The van der Waals surface area contributed by atoms with Crippen LogP contribution < -0.4 is 5.30 Å². The topological polar surface area (TPSA) is 48.6 Å². The van der Waals surface area contributed by atoms with Crippen LogP contribution in [0, 0.1) is 0 Å². The summed E-state index contributed by atoms with van der Waals surface area (Å²) in [6.07, 6.45) is 6.97. The molecule has 1 aromatic carbocycles. The third-order valence-corrected chi connectivity index (χ3v) is 8.55. The number of nitrogens with one attached hydrogen (secondary N) is 2. The third kappa shape index (κ3) is 2.03. The summed E-state index contributed by atoms with van der Waals surface area (Å²) < 4.78 is 14.7. The Morgan fingerprint density at radius 1 is 0.720 bits per heavy atom. The number of aromatic amines is 2. The largest absolute Gasteiger partial charge is 0.361 e. The Morgan fingerprint density at radius 3 is 1.76 bits per heavy atom. The summed E-state index contributed by atoms with van der Waals surface area (Å²) in [6.45, 7) is 0. The molecule has 2 aromatic heterocycles. The van der Waals surface area contributed by atoms with Crippen LogP contribution in [0.3, 0.4) is 0 Å². The van der Waals surface area contributed by atoms with Gasteiger partial charge in [-0.1, -0.05) is 30.3 Å². The van der Waals surface area contributed by atoms with E-state index in [-0.39, 0.29) is 0 Å². The molecule has 0 bridgehead atoms. The third-order valence-electron chi connectivity index (χ3n) is 5.25. The van der Waals surface area contributed by atoms with Gasteiger partial charge < -0.3 is 14.5 Å². The minimum atomic E-state index is -2.90. The summed E-state index contributed by atoms with van der Waals surface area (Å²) in [4.78, 5) is 6.63. The predicted molar refractivity (Wildman–Crippen MR) is 103 cm³/mol. The number of hydrogen-bond donors (Lipinski definition) is 2. The first-order chi connectivity index (χ1) is 12.3. The van der Waals surface area contributed by atoms with Crippen molar-refractivity contribution >= 4 is 23.1 Å². The number of aromatic nitrogens is 2. The molecule has 0 spiro atoms. The molecule has 0 radical (unpaired) electrons. The molecular weight excluding hydrogens is 327 g/mol. The fourth-order valence-corrected chi connectivity index (χ4v) is 7.82. The van der Waals surface area contributed by atoms with Gasteiger partial charge in [-0.15, -0.1) is 0 Å². The fourth-order valence-electron chi connectivity index (χ4n) is 4.27. The van der Waals surface area contributed by atoms with Gasteiger partial charge in [0.15, 0.2) is 7.14 Å². The van der Waals surface area contributed by atoms with Crippen LogP contribution in [0.15, 0.2) is 78.1 Å². The molecule has 1 saturated carbocycles. The van der Waals surface area contributed by atoms with Gasteiger partial charge >= 0.3 is 0 Å². The lowest BCUT2D eigenvalue weighted by molar-refractivity contribution is 0.593. The molecule has 124 valence electrons. The number of allylic oxidation sites excluding steroid dienone is 2. The van der Waals surface area contributed by atoms with E-state index in [9.17, 15) is 4.57 Å². The van der Waals surface area contributed by atoms with Gasteiger partial charge in [0.05, 0.1) is 0 Å². The molecule has 0 amide bonds. The summed E-state index contributed by atoms with van der Waals surface area (Å²) in [5.41, 5.74) is 4.56. The smallest absolute Gasteiger partial charge is 0.175 e. The van der Waals surface area contributed by atoms with Gasteiger partial charge in [-0.05, 0) is 54.7 Å². The summed E-state index contributed by atoms with van der Waals surface area (Å²) in [7, 11) is -2.90. The van der Waals surface area contributed by atoms with Crippen LogP contribution in [0.25, 0.3) is 10.6 Å². The quantitative estimate of drug-likeness (QED) is 0.617. The second-order valence-corrected chi connectivity index (χ2v) is 9.25. The second kappa shape index (κ2) is 5.50. The number of fused-ring (bicyclic) bond motifs is 1. The van der Waals surface area contributed by atoms with E-state index in [4.69, 9.17) is 0 Å². The highest BCUT2D eigenvalue weighted by atomic mass is 31.2. The van der Waals surface area contributed by atoms with Crippen LogP contribution in [0.4, 0.5) is 0 Å². The molecule has 1 aliphatic heterocycles. The van der Waals surface area contributed by atoms with Gasteiger partial charge in [0.2, 0.25) is 0 Å². The zero-order valence-electron chi connectivity index (χ0n) is 13.8. The predicted octanol–water partition coefficient (Wildman–Crippen LogP) is 5.35. The minimum absolute atomic E-state index is 0.915. The van der Waals surface area contributed by atoms with Crippen molar-refractivity contribution in [3.05, 3.63) is 89.5 Å². The Morgan fingerprint density at radius 2 is 1.28 bits per heavy atom. The SMILES string of the molecule is O=P1(c2ccccc2)C(c2ccc[nH]2)=C2CCCC2=C1c1ccc[nH]1. The molecule has 2 N–H and O–H groups in total. The van der Waals surface area contributed by atoms with Crippen LogP contribution in [0.1, 0.15) is 30.7 Å². The normalized spacial score (nSPS) is 18.9. The molecule has 1 aliphatic carbocycles. The van der Waals surface area contributed by atoms with Crippen molar-refractivity contribution in [1.82, 2.24) is 9.97 Å². The minimum Gasteiger partial charge on any atom is -0.361 e. The highest BCUT2D eigenvalue weighted by Crippen LogP contribution is 2.75. The van der Waals surface area contributed by atoms with E-state index in [2.05, 4.69) is 9.97 Å². The van der Waals surface area contributed by atoms with Crippen molar-refractivity contribution in [3.63, 3.8) is 0 Å². The number of H-pyrrole nitrogens is 2.